The summed E-state index contributed by atoms with van der Waals surface area (Å²) in [5, 5.41) is -0.815. The Labute approximate surface area is 118 Å². The molecule has 3 rings (SSSR count). The summed E-state index contributed by atoms with van der Waals surface area (Å²) in [6.45, 7) is 0.661. The zero-order valence-electron chi connectivity index (χ0n) is 11.2. The van der Waals surface area contributed by atoms with Gasteiger partial charge in [-0.05, 0) is 43.5 Å². The van der Waals surface area contributed by atoms with Crippen LogP contribution in [0.25, 0.3) is 0 Å². The lowest BCUT2D eigenvalue weighted by molar-refractivity contribution is -0.117. The lowest BCUT2D eigenvalue weighted by Crippen LogP contribution is -2.45. The lowest BCUT2D eigenvalue weighted by atomic mass is 10.1. The lowest BCUT2D eigenvalue weighted by Gasteiger charge is -2.27. The molecule has 1 aromatic rings. The zero-order valence-corrected chi connectivity index (χ0v) is 12.0. The Bertz CT molecular complexity index is 624. The second-order valence-corrected chi connectivity index (χ2v) is 7.70. The molecule has 0 aliphatic carbocycles. The molecule has 0 spiro atoms. The van der Waals surface area contributed by atoms with Crippen LogP contribution in [0.1, 0.15) is 18.4 Å². The van der Waals surface area contributed by atoms with Crippen molar-refractivity contribution in [3.8, 4) is 0 Å². The normalized spacial score (nSPS) is 27.2. The number of hydrogen-bond donors (Lipinski definition) is 1. The molecule has 0 radical (unpaired) electrons. The highest BCUT2D eigenvalue weighted by Gasteiger charge is 2.54. The highest BCUT2D eigenvalue weighted by Crippen LogP contribution is 2.37. The number of rotatable bonds is 4. The maximum Gasteiger partial charge on any atom is 0.245 e. The maximum atomic E-state index is 12.2. The highest BCUT2D eigenvalue weighted by atomic mass is 32.2. The van der Waals surface area contributed by atoms with E-state index in [-0.39, 0.29) is 17.7 Å². The van der Waals surface area contributed by atoms with Crippen molar-refractivity contribution in [2.75, 3.05) is 17.2 Å². The van der Waals surface area contributed by atoms with Crippen LogP contribution in [0.3, 0.4) is 0 Å². The zero-order chi connectivity index (χ0) is 14.3. The number of nitrogens with zero attached hydrogens (tertiary/aromatic N) is 1. The minimum absolute atomic E-state index is 0.0956. The third kappa shape index (κ3) is 2.13. The molecule has 2 aliphatic rings. The van der Waals surface area contributed by atoms with E-state index in [2.05, 4.69) is 0 Å². The molecule has 108 valence electrons. The van der Waals surface area contributed by atoms with Crippen molar-refractivity contribution in [2.45, 2.75) is 30.6 Å². The summed E-state index contributed by atoms with van der Waals surface area (Å²) in [7, 11) is -3.20. The molecule has 2 unspecified atom stereocenters. The summed E-state index contributed by atoms with van der Waals surface area (Å²) in [6, 6.07) is 7.58. The van der Waals surface area contributed by atoms with E-state index in [0.29, 0.717) is 13.0 Å². The van der Waals surface area contributed by atoms with Crippen molar-refractivity contribution >= 4 is 21.4 Å². The molecule has 2 N–H and O–H groups in total. The van der Waals surface area contributed by atoms with Crippen molar-refractivity contribution in [3.63, 3.8) is 0 Å². The van der Waals surface area contributed by atoms with Gasteiger partial charge in [-0.15, -0.1) is 0 Å². The van der Waals surface area contributed by atoms with Crippen LogP contribution in [0.5, 0.6) is 0 Å². The Morgan fingerprint density at radius 1 is 1.25 bits per heavy atom. The van der Waals surface area contributed by atoms with Crippen molar-refractivity contribution in [3.05, 3.63) is 29.8 Å². The monoisotopic (exact) mass is 294 g/mol. The molecule has 0 saturated carbocycles. The second-order valence-electron chi connectivity index (χ2n) is 5.47. The Hall–Kier alpha value is -1.40. The number of aryl methyl sites for hydroxylation is 1. The number of amides is 1. The van der Waals surface area contributed by atoms with E-state index in [1.165, 1.54) is 5.56 Å². The van der Waals surface area contributed by atoms with E-state index < -0.39 is 15.1 Å². The van der Waals surface area contributed by atoms with Gasteiger partial charge in [0.1, 0.15) is 5.25 Å². The summed E-state index contributed by atoms with van der Waals surface area (Å²) in [5.41, 5.74) is 7.46. The molecule has 2 fully saturated rings. The van der Waals surface area contributed by atoms with Gasteiger partial charge in [0.25, 0.3) is 0 Å². The van der Waals surface area contributed by atoms with E-state index in [1.807, 2.05) is 24.3 Å². The molecule has 2 saturated heterocycles. The van der Waals surface area contributed by atoms with Gasteiger partial charge < -0.3 is 10.6 Å². The SMILES string of the molecule is NCCCc1ccc(N2C(=O)C3CC2CS3(=O)=O)cc1. The topological polar surface area (TPSA) is 80.5 Å². The number of nitrogens with two attached hydrogens (primary N) is 1. The Kier molecular flexibility index (Phi) is 3.30. The molecular weight excluding hydrogens is 276 g/mol. The standard InChI is InChI=1S/C14H18N2O3S/c15-7-1-2-10-3-5-11(6-4-10)16-12-8-13(14(16)17)20(18,19)9-12/h3-6,12-13H,1-2,7-9,15H2. The predicted octanol–water partition coefficient (Wildman–Crippen LogP) is 0.480. The quantitative estimate of drug-likeness (QED) is 0.876. The smallest absolute Gasteiger partial charge is 0.245 e. The molecule has 1 aromatic carbocycles. The molecular formula is C14H18N2O3S. The highest BCUT2D eigenvalue weighted by molar-refractivity contribution is 7.93. The van der Waals surface area contributed by atoms with Crippen LogP contribution in [0.4, 0.5) is 5.69 Å². The van der Waals surface area contributed by atoms with Gasteiger partial charge in [0.2, 0.25) is 5.91 Å². The Balaban J connectivity index is 1.80. The largest absolute Gasteiger partial charge is 0.330 e. The minimum Gasteiger partial charge on any atom is -0.330 e. The van der Waals surface area contributed by atoms with Crippen molar-refractivity contribution < 1.29 is 13.2 Å². The van der Waals surface area contributed by atoms with Crippen LogP contribution in [0.15, 0.2) is 24.3 Å². The van der Waals surface area contributed by atoms with Crippen LogP contribution in [-0.4, -0.2) is 37.9 Å². The van der Waals surface area contributed by atoms with E-state index in [4.69, 9.17) is 5.73 Å². The third-order valence-electron chi connectivity index (χ3n) is 4.11. The summed E-state index contributed by atoms with van der Waals surface area (Å²) >= 11 is 0. The number of fused-ring (bicyclic) bond motifs is 2. The van der Waals surface area contributed by atoms with E-state index in [9.17, 15) is 13.2 Å². The van der Waals surface area contributed by atoms with Crippen molar-refractivity contribution in [1.29, 1.82) is 0 Å². The maximum absolute atomic E-state index is 12.2. The minimum atomic E-state index is -3.20. The third-order valence-corrected chi connectivity index (χ3v) is 6.22. The molecule has 6 heteroatoms. The van der Waals surface area contributed by atoms with Gasteiger partial charge in [-0.3, -0.25) is 4.79 Å². The first-order chi connectivity index (χ1) is 9.53. The van der Waals surface area contributed by atoms with Gasteiger partial charge in [0, 0.05) is 5.69 Å². The fourth-order valence-corrected chi connectivity index (χ4v) is 5.07. The number of carbonyl (C=O) groups excluding carboxylic acids is 1. The molecule has 2 bridgehead atoms. The number of anilines is 1. The molecule has 2 heterocycles. The van der Waals surface area contributed by atoms with Crippen molar-refractivity contribution in [1.82, 2.24) is 0 Å². The first kappa shape index (κ1) is 13.6. The molecule has 5 nitrogen and oxygen atoms in total. The second kappa shape index (κ2) is 4.86. The van der Waals surface area contributed by atoms with Gasteiger partial charge in [0.05, 0.1) is 11.8 Å². The molecule has 20 heavy (non-hydrogen) atoms. The molecule has 2 atom stereocenters. The first-order valence-electron chi connectivity index (χ1n) is 6.86. The average Bonchev–Trinajstić information content (AvgIpc) is 2.89. The summed E-state index contributed by atoms with van der Waals surface area (Å²) in [4.78, 5) is 13.8. The number of benzene rings is 1. The van der Waals surface area contributed by atoms with Crippen LogP contribution in [0, 0.1) is 0 Å². The predicted molar refractivity (Wildman–Crippen MR) is 77.3 cm³/mol. The van der Waals surface area contributed by atoms with Gasteiger partial charge >= 0.3 is 0 Å². The van der Waals surface area contributed by atoms with Crippen molar-refractivity contribution in [2.24, 2.45) is 5.73 Å². The summed E-state index contributed by atoms with van der Waals surface area (Å²) in [6.07, 6.45) is 2.30. The van der Waals surface area contributed by atoms with Crippen LogP contribution < -0.4 is 10.6 Å². The summed E-state index contributed by atoms with van der Waals surface area (Å²) < 4.78 is 23.4. The number of carbonyl (C=O) groups is 1. The Morgan fingerprint density at radius 2 is 1.95 bits per heavy atom. The molecule has 0 aromatic heterocycles. The number of hydrogen-bond acceptors (Lipinski definition) is 4. The molecule has 2 aliphatic heterocycles. The first-order valence-corrected chi connectivity index (χ1v) is 8.58. The van der Waals surface area contributed by atoms with E-state index >= 15 is 0 Å². The van der Waals surface area contributed by atoms with E-state index in [1.54, 1.807) is 4.90 Å². The Morgan fingerprint density at radius 3 is 2.50 bits per heavy atom. The average molecular weight is 294 g/mol. The van der Waals surface area contributed by atoms with Gasteiger partial charge in [-0.25, -0.2) is 8.42 Å². The van der Waals surface area contributed by atoms with Crippen LogP contribution in [-0.2, 0) is 21.1 Å². The summed E-state index contributed by atoms with van der Waals surface area (Å²) in [5.74, 6) is -0.172. The molecule has 1 amide bonds. The fourth-order valence-electron chi connectivity index (χ4n) is 3.08. The van der Waals surface area contributed by atoms with Crippen LogP contribution >= 0.6 is 0 Å². The van der Waals surface area contributed by atoms with Gasteiger partial charge in [-0.2, -0.15) is 0 Å². The van der Waals surface area contributed by atoms with Gasteiger partial charge in [0.15, 0.2) is 9.84 Å². The van der Waals surface area contributed by atoms with Crippen LogP contribution in [0.2, 0.25) is 0 Å². The van der Waals surface area contributed by atoms with Gasteiger partial charge in [-0.1, -0.05) is 12.1 Å². The fraction of sp³-hybridized carbons (Fsp3) is 0.500. The van der Waals surface area contributed by atoms with E-state index in [0.717, 1.165) is 18.5 Å². The number of sulfone groups is 1.